The first-order chi connectivity index (χ1) is 20.6. The third-order valence-electron chi connectivity index (χ3n) is 6.95. The number of aromatic amines is 1. The van der Waals surface area contributed by atoms with Crippen molar-refractivity contribution >= 4 is 49.1 Å². The Balaban J connectivity index is 1.31. The van der Waals surface area contributed by atoms with Crippen LogP contribution >= 0.6 is 23.1 Å². The van der Waals surface area contributed by atoms with Gasteiger partial charge >= 0.3 is 0 Å². The minimum absolute atomic E-state index is 0.0209. The lowest BCUT2D eigenvalue weighted by atomic mass is 10.2. The van der Waals surface area contributed by atoms with E-state index in [1.807, 2.05) is 0 Å². The summed E-state index contributed by atoms with van der Waals surface area (Å²) in [5.74, 6) is -0.858. The third kappa shape index (κ3) is 8.02. The fourth-order valence-electron chi connectivity index (χ4n) is 4.70. The summed E-state index contributed by atoms with van der Waals surface area (Å²) in [6.45, 7) is -0.239. The number of thiophene rings is 1. The molecule has 2 aliphatic rings. The average Bonchev–Trinajstić information content (AvgIpc) is 3.72. The Bertz CT molecular complexity index is 1580. The van der Waals surface area contributed by atoms with E-state index in [0.717, 1.165) is 32.8 Å². The van der Waals surface area contributed by atoms with Crippen molar-refractivity contribution in [2.75, 3.05) is 37.7 Å². The molecule has 2 saturated heterocycles. The zero-order chi connectivity index (χ0) is 30.5. The number of carbonyl (C=O) groups excluding carboxylic acids is 1. The van der Waals surface area contributed by atoms with E-state index in [9.17, 15) is 26.0 Å². The van der Waals surface area contributed by atoms with Gasteiger partial charge in [0, 0.05) is 55.7 Å². The number of hydrogen-bond acceptors (Lipinski definition) is 10. The summed E-state index contributed by atoms with van der Waals surface area (Å²) >= 11 is 2.38. The molecule has 2 N–H and O–H groups in total. The molecular weight excluding hydrogens is 642 g/mol. The fraction of sp³-hybridized carbons (Fsp3) is 0.462. The standard InChI is InChI=1S/C26H32FN5O7S4/c27-20-7-5-19(6-8-20)22-9-10-24(41-22)43(36,37)32-14-13-31(42(34,35)17-3-16-40-26-28-11-12-29-26)18-21(32)25(33)30-39-23-4-1-2-15-38-23/h5-12,21,23H,1-4,13-18H2,(H,28,29)(H,30,33)/t21-,23?/m1/s1. The Morgan fingerprint density at radius 2 is 1.98 bits per heavy atom. The van der Waals surface area contributed by atoms with Crippen LogP contribution in [-0.4, -0.2) is 91.4 Å². The molecule has 234 valence electrons. The molecule has 2 fully saturated rings. The van der Waals surface area contributed by atoms with Crippen LogP contribution in [0.4, 0.5) is 4.39 Å². The summed E-state index contributed by atoms with van der Waals surface area (Å²) in [6, 6.07) is 7.34. The van der Waals surface area contributed by atoms with Crippen molar-refractivity contribution in [3.63, 3.8) is 0 Å². The maximum atomic E-state index is 13.8. The van der Waals surface area contributed by atoms with E-state index < -0.39 is 44.1 Å². The second kappa shape index (κ2) is 14.2. The molecule has 0 bridgehead atoms. The van der Waals surface area contributed by atoms with Gasteiger partial charge in [-0.15, -0.1) is 11.3 Å². The molecule has 0 radical (unpaired) electrons. The third-order valence-corrected chi connectivity index (χ3v) is 13.4. The number of piperazine rings is 1. The van der Waals surface area contributed by atoms with Crippen LogP contribution in [0.2, 0.25) is 0 Å². The van der Waals surface area contributed by atoms with E-state index >= 15 is 0 Å². The topological polar surface area (TPSA) is 151 Å². The number of nitrogens with zero attached hydrogens (tertiary/aromatic N) is 3. The Hall–Kier alpha value is -2.38. The van der Waals surface area contributed by atoms with Crippen molar-refractivity contribution in [3.8, 4) is 10.4 Å². The van der Waals surface area contributed by atoms with Crippen LogP contribution in [0.1, 0.15) is 25.7 Å². The van der Waals surface area contributed by atoms with Crippen LogP contribution in [0.15, 0.2) is 58.2 Å². The number of nitrogens with one attached hydrogen (secondary N) is 2. The van der Waals surface area contributed by atoms with Crippen LogP contribution in [0, 0.1) is 5.82 Å². The molecule has 43 heavy (non-hydrogen) atoms. The molecule has 4 heterocycles. The zero-order valence-corrected chi connectivity index (χ0v) is 26.3. The number of H-pyrrole nitrogens is 1. The Labute approximate surface area is 258 Å². The molecule has 5 rings (SSSR count). The lowest BCUT2D eigenvalue weighted by Crippen LogP contribution is -2.61. The van der Waals surface area contributed by atoms with Gasteiger partial charge < -0.3 is 9.72 Å². The molecule has 17 heteroatoms. The van der Waals surface area contributed by atoms with Crippen molar-refractivity contribution in [1.82, 2.24) is 24.1 Å². The maximum absolute atomic E-state index is 13.8. The van der Waals surface area contributed by atoms with Gasteiger partial charge in [0.25, 0.3) is 15.9 Å². The molecule has 1 unspecified atom stereocenters. The van der Waals surface area contributed by atoms with Crippen LogP contribution in [0.5, 0.6) is 0 Å². The lowest BCUT2D eigenvalue weighted by molar-refractivity contribution is -0.202. The van der Waals surface area contributed by atoms with E-state index in [1.54, 1.807) is 30.6 Å². The van der Waals surface area contributed by atoms with Gasteiger partial charge in [-0.25, -0.2) is 36.5 Å². The fourth-order valence-corrected chi connectivity index (χ4v) is 10.2. The minimum Gasteiger partial charge on any atom is -0.350 e. The number of thioether (sulfide) groups is 1. The van der Waals surface area contributed by atoms with Crippen LogP contribution in [0.25, 0.3) is 10.4 Å². The second-order valence-electron chi connectivity index (χ2n) is 9.91. The normalized spacial score (nSPS) is 20.7. The van der Waals surface area contributed by atoms with Crippen LogP contribution in [0.3, 0.4) is 0 Å². The van der Waals surface area contributed by atoms with Gasteiger partial charge in [-0.05, 0) is 49.1 Å². The predicted octanol–water partition coefficient (Wildman–Crippen LogP) is 3.04. The van der Waals surface area contributed by atoms with Crippen LogP contribution < -0.4 is 5.48 Å². The highest BCUT2D eigenvalue weighted by Gasteiger charge is 2.44. The highest BCUT2D eigenvalue weighted by atomic mass is 32.2. The van der Waals surface area contributed by atoms with Gasteiger partial charge in [-0.2, -0.15) is 8.61 Å². The highest BCUT2D eigenvalue weighted by Crippen LogP contribution is 2.34. The average molecular weight is 674 g/mol. The number of aromatic nitrogens is 2. The highest BCUT2D eigenvalue weighted by molar-refractivity contribution is 7.99. The summed E-state index contributed by atoms with van der Waals surface area (Å²) in [7, 11) is -8.02. The first-order valence-electron chi connectivity index (χ1n) is 13.7. The largest absolute Gasteiger partial charge is 0.350 e. The Morgan fingerprint density at radius 1 is 1.16 bits per heavy atom. The van der Waals surface area contributed by atoms with Crippen molar-refractivity contribution < 1.29 is 35.6 Å². The van der Waals surface area contributed by atoms with Gasteiger partial charge in [0.1, 0.15) is 16.1 Å². The molecule has 1 aromatic carbocycles. The predicted molar refractivity (Wildman–Crippen MR) is 159 cm³/mol. The molecule has 0 spiro atoms. The van der Waals surface area contributed by atoms with Crippen molar-refractivity contribution in [2.24, 2.45) is 0 Å². The molecule has 3 aromatic rings. The number of imidazole rings is 1. The maximum Gasteiger partial charge on any atom is 0.263 e. The number of hydrogen-bond donors (Lipinski definition) is 2. The van der Waals surface area contributed by atoms with Gasteiger partial charge in [0.15, 0.2) is 11.4 Å². The van der Waals surface area contributed by atoms with Crippen molar-refractivity contribution in [3.05, 3.63) is 54.6 Å². The number of hydroxylamine groups is 1. The molecule has 1 amide bonds. The summed E-state index contributed by atoms with van der Waals surface area (Å²) in [6.07, 6.45) is 5.24. The number of benzene rings is 1. The van der Waals surface area contributed by atoms with Gasteiger partial charge in [-0.1, -0.05) is 23.9 Å². The van der Waals surface area contributed by atoms with E-state index in [0.29, 0.717) is 40.8 Å². The SMILES string of the molecule is O=C(NOC1CCCCO1)[C@H]1CN(S(=O)(=O)CCCSc2ncc[nH]2)CCN1S(=O)(=O)c1ccc(-c2ccc(F)cc2)s1. The summed E-state index contributed by atoms with van der Waals surface area (Å²) in [5, 5.41) is 0.686. The number of rotatable bonds is 12. The molecule has 2 aromatic heterocycles. The number of amides is 1. The summed E-state index contributed by atoms with van der Waals surface area (Å²) < 4.78 is 75.2. The molecule has 0 saturated carbocycles. The van der Waals surface area contributed by atoms with Gasteiger partial charge in [0.05, 0.1) is 5.75 Å². The molecule has 2 atom stereocenters. The molecular formula is C26H32FN5O7S4. The Kier molecular flexibility index (Phi) is 10.5. The monoisotopic (exact) mass is 673 g/mol. The molecule has 2 aliphatic heterocycles. The van der Waals surface area contributed by atoms with Crippen molar-refractivity contribution in [2.45, 2.75) is 47.4 Å². The first-order valence-corrected chi connectivity index (χ1v) is 18.5. The molecule has 0 aliphatic carbocycles. The number of halogens is 1. The minimum atomic E-state index is -4.21. The van der Waals surface area contributed by atoms with Crippen molar-refractivity contribution in [1.29, 1.82) is 0 Å². The number of sulfonamides is 2. The second-order valence-corrected chi connectivity index (χ2v) is 16.3. The number of ether oxygens (including phenoxy) is 1. The number of carbonyl (C=O) groups is 1. The van der Waals surface area contributed by atoms with E-state index in [-0.39, 0.29) is 29.6 Å². The van der Waals surface area contributed by atoms with Gasteiger partial charge in [-0.3, -0.25) is 4.79 Å². The lowest BCUT2D eigenvalue weighted by Gasteiger charge is -2.38. The van der Waals surface area contributed by atoms with Crippen LogP contribution in [-0.2, 0) is 34.4 Å². The van der Waals surface area contributed by atoms with Gasteiger partial charge in [0.2, 0.25) is 10.0 Å². The zero-order valence-electron chi connectivity index (χ0n) is 23.1. The first kappa shape index (κ1) is 32.0. The van der Waals surface area contributed by atoms with E-state index in [4.69, 9.17) is 9.57 Å². The summed E-state index contributed by atoms with van der Waals surface area (Å²) in [4.78, 5) is 26.5. The van der Waals surface area contributed by atoms with E-state index in [1.165, 1.54) is 30.0 Å². The summed E-state index contributed by atoms with van der Waals surface area (Å²) in [5.41, 5.74) is 2.96. The molecule has 12 nitrogen and oxygen atoms in total. The van der Waals surface area contributed by atoms with E-state index in [2.05, 4.69) is 15.4 Å². The quantitative estimate of drug-likeness (QED) is 0.168. The Morgan fingerprint density at radius 3 is 2.70 bits per heavy atom. The smallest absolute Gasteiger partial charge is 0.263 e.